The predicted octanol–water partition coefficient (Wildman–Crippen LogP) is 2.43. The topological polar surface area (TPSA) is 61.7 Å². The Kier molecular flexibility index (Phi) is 5.05. The fourth-order valence-corrected chi connectivity index (χ4v) is 1.36. The third kappa shape index (κ3) is 4.13. The summed E-state index contributed by atoms with van der Waals surface area (Å²) in [6.07, 6.45) is 4.22. The molecule has 86 valence electrons. The molecule has 0 aliphatic heterocycles. The average molecular weight is 220 g/mol. The van der Waals surface area contributed by atoms with E-state index in [0.717, 1.165) is 12.6 Å². The second kappa shape index (κ2) is 6.61. The van der Waals surface area contributed by atoms with Crippen LogP contribution in [-0.2, 0) is 11.2 Å². The number of nitrogens with zero attached hydrogens (tertiary/aromatic N) is 1. The van der Waals surface area contributed by atoms with E-state index in [1.54, 1.807) is 0 Å². The first-order valence-corrected chi connectivity index (χ1v) is 5.33. The van der Waals surface area contributed by atoms with Gasteiger partial charge in [0, 0.05) is 5.69 Å². The number of nitrogens with one attached hydrogen (secondary N) is 1. The van der Waals surface area contributed by atoms with Crippen LogP contribution in [0.2, 0.25) is 0 Å². The minimum absolute atomic E-state index is 0.441. The molecule has 2 N–H and O–H groups in total. The van der Waals surface area contributed by atoms with Crippen molar-refractivity contribution in [1.82, 2.24) is 0 Å². The largest absolute Gasteiger partial charge is 0.411 e. The Hall–Kier alpha value is -1.84. The van der Waals surface area contributed by atoms with Crippen molar-refractivity contribution in [2.75, 3.05) is 5.32 Å². The molecule has 0 heterocycles. The molecule has 4 nitrogen and oxygen atoms in total. The Bertz CT molecular complexity index is 358. The minimum Gasteiger partial charge on any atom is -0.411 e. The van der Waals surface area contributed by atoms with Crippen LogP contribution in [0.25, 0.3) is 0 Å². The van der Waals surface area contributed by atoms with Gasteiger partial charge in [0.2, 0.25) is 0 Å². The number of benzene rings is 1. The summed E-state index contributed by atoms with van der Waals surface area (Å²) in [4.78, 5) is 11.0. The third-order valence-corrected chi connectivity index (χ3v) is 2.22. The fraction of sp³-hybridized carbons (Fsp3) is 0.333. The van der Waals surface area contributed by atoms with Crippen LogP contribution in [0.4, 0.5) is 5.69 Å². The number of anilines is 1. The van der Waals surface area contributed by atoms with E-state index in [4.69, 9.17) is 5.21 Å². The zero-order valence-corrected chi connectivity index (χ0v) is 9.31. The fourth-order valence-electron chi connectivity index (χ4n) is 1.36. The lowest BCUT2D eigenvalue weighted by atomic mass is 10.1. The van der Waals surface area contributed by atoms with Gasteiger partial charge >= 0.3 is 0 Å². The lowest BCUT2D eigenvalue weighted by Gasteiger charge is -2.03. The van der Waals surface area contributed by atoms with E-state index in [2.05, 4.69) is 17.4 Å². The quantitative estimate of drug-likeness (QED) is 0.455. The maximum atomic E-state index is 11.0. The van der Waals surface area contributed by atoms with Gasteiger partial charge in [-0.1, -0.05) is 30.6 Å². The first kappa shape index (κ1) is 12.2. The summed E-state index contributed by atoms with van der Waals surface area (Å²) in [7, 11) is 0. The molecule has 0 bridgehead atoms. The number of unbranched alkanes of at least 4 members (excludes halogenated alkanes) is 1. The lowest BCUT2D eigenvalue weighted by Crippen LogP contribution is -2.12. The summed E-state index contributed by atoms with van der Waals surface area (Å²) in [5.41, 5.74) is 1.96. The van der Waals surface area contributed by atoms with Crippen LogP contribution in [0.1, 0.15) is 25.3 Å². The number of amides is 1. The molecule has 1 aromatic rings. The van der Waals surface area contributed by atoms with E-state index in [9.17, 15) is 4.79 Å². The van der Waals surface area contributed by atoms with Crippen LogP contribution in [0.3, 0.4) is 0 Å². The van der Waals surface area contributed by atoms with Crippen molar-refractivity contribution in [3.8, 4) is 0 Å². The zero-order chi connectivity index (χ0) is 11.8. The number of hydrogen-bond acceptors (Lipinski definition) is 3. The van der Waals surface area contributed by atoms with E-state index in [0.29, 0.717) is 5.69 Å². The van der Waals surface area contributed by atoms with Gasteiger partial charge in [0.05, 0.1) is 0 Å². The van der Waals surface area contributed by atoms with E-state index in [1.165, 1.54) is 18.4 Å². The second-order valence-corrected chi connectivity index (χ2v) is 3.53. The maximum absolute atomic E-state index is 11.0. The summed E-state index contributed by atoms with van der Waals surface area (Å²) in [5.74, 6) is -0.441. The van der Waals surface area contributed by atoms with Crippen LogP contribution in [0, 0.1) is 0 Å². The molecule has 0 radical (unpaired) electrons. The lowest BCUT2D eigenvalue weighted by molar-refractivity contribution is -0.110. The second-order valence-electron chi connectivity index (χ2n) is 3.53. The van der Waals surface area contributed by atoms with Gasteiger partial charge in [-0.25, -0.2) is 0 Å². The number of carbonyl (C=O) groups is 1. The first-order valence-electron chi connectivity index (χ1n) is 5.33. The third-order valence-electron chi connectivity index (χ3n) is 2.22. The van der Waals surface area contributed by atoms with Crippen molar-refractivity contribution < 1.29 is 10.0 Å². The van der Waals surface area contributed by atoms with Gasteiger partial charge in [-0.2, -0.15) is 0 Å². The number of hydrogen-bond donors (Lipinski definition) is 2. The molecule has 0 saturated carbocycles. The molecule has 1 amide bonds. The molecule has 0 aliphatic rings. The number of rotatable bonds is 5. The molecule has 0 aliphatic carbocycles. The molecular weight excluding hydrogens is 204 g/mol. The monoisotopic (exact) mass is 220 g/mol. The number of carbonyl (C=O) groups excluding carboxylic acids is 1. The number of oxime groups is 1. The molecule has 4 heteroatoms. The highest BCUT2D eigenvalue weighted by Crippen LogP contribution is 2.11. The Morgan fingerprint density at radius 2 is 2.12 bits per heavy atom. The van der Waals surface area contributed by atoms with Gasteiger partial charge in [0.1, 0.15) is 6.21 Å². The molecule has 16 heavy (non-hydrogen) atoms. The summed E-state index contributed by atoms with van der Waals surface area (Å²) in [5, 5.41) is 13.4. The molecule has 1 rings (SSSR count). The van der Waals surface area contributed by atoms with Gasteiger partial charge in [-0.3, -0.25) is 4.79 Å². The average Bonchev–Trinajstić information content (AvgIpc) is 2.28. The molecule has 0 fully saturated rings. The molecule has 0 unspecified atom stereocenters. The normalized spacial score (nSPS) is 10.6. The van der Waals surface area contributed by atoms with Gasteiger partial charge < -0.3 is 10.5 Å². The van der Waals surface area contributed by atoms with Crippen LogP contribution < -0.4 is 5.32 Å². The first-order chi connectivity index (χ1) is 7.76. The molecule has 0 aromatic heterocycles. The van der Waals surface area contributed by atoms with Crippen molar-refractivity contribution in [1.29, 1.82) is 0 Å². The molecule has 1 aromatic carbocycles. The molecule has 0 spiro atoms. The SMILES string of the molecule is CCCCc1ccc(NC(=O)/C=N\O)cc1. The van der Waals surface area contributed by atoms with Gasteiger partial charge in [-0.05, 0) is 30.5 Å². The maximum Gasteiger partial charge on any atom is 0.270 e. The van der Waals surface area contributed by atoms with Crippen LogP contribution >= 0.6 is 0 Å². The van der Waals surface area contributed by atoms with E-state index >= 15 is 0 Å². The highest BCUT2D eigenvalue weighted by atomic mass is 16.4. The van der Waals surface area contributed by atoms with Gasteiger partial charge in [0.25, 0.3) is 5.91 Å². The van der Waals surface area contributed by atoms with Crippen LogP contribution in [0.15, 0.2) is 29.4 Å². The zero-order valence-electron chi connectivity index (χ0n) is 9.31. The van der Waals surface area contributed by atoms with E-state index in [-0.39, 0.29) is 0 Å². The van der Waals surface area contributed by atoms with Crippen molar-refractivity contribution in [3.63, 3.8) is 0 Å². The molecule has 0 saturated heterocycles. The molecule has 0 atom stereocenters. The highest BCUT2D eigenvalue weighted by molar-refractivity contribution is 6.31. The minimum atomic E-state index is -0.441. The molecular formula is C12H16N2O2. The Morgan fingerprint density at radius 3 is 2.69 bits per heavy atom. The Balaban J connectivity index is 2.54. The van der Waals surface area contributed by atoms with Crippen molar-refractivity contribution in [3.05, 3.63) is 29.8 Å². The standard InChI is InChI=1S/C12H16N2O2/c1-2-3-4-10-5-7-11(8-6-10)14-12(15)9-13-16/h5-9,16H,2-4H2,1H3,(H,14,15)/b13-9-. The van der Waals surface area contributed by atoms with Gasteiger partial charge in [0.15, 0.2) is 0 Å². The summed E-state index contributed by atoms with van der Waals surface area (Å²) < 4.78 is 0. The summed E-state index contributed by atoms with van der Waals surface area (Å²) >= 11 is 0. The van der Waals surface area contributed by atoms with Crippen LogP contribution in [-0.4, -0.2) is 17.3 Å². The van der Waals surface area contributed by atoms with E-state index in [1.807, 2.05) is 24.3 Å². The van der Waals surface area contributed by atoms with E-state index < -0.39 is 5.91 Å². The van der Waals surface area contributed by atoms with Crippen molar-refractivity contribution in [2.45, 2.75) is 26.2 Å². The van der Waals surface area contributed by atoms with Crippen LogP contribution in [0.5, 0.6) is 0 Å². The highest BCUT2D eigenvalue weighted by Gasteiger charge is 1.98. The number of aryl methyl sites for hydroxylation is 1. The Labute approximate surface area is 95.0 Å². The summed E-state index contributed by atoms with van der Waals surface area (Å²) in [6.45, 7) is 2.16. The Morgan fingerprint density at radius 1 is 1.44 bits per heavy atom. The van der Waals surface area contributed by atoms with Crippen molar-refractivity contribution in [2.24, 2.45) is 5.16 Å². The predicted molar refractivity (Wildman–Crippen MR) is 64.0 cm³/mol. The summed E-state index contributed by atoms with van der Waals surface area (Å²) in [6, 6.07) is 7.66. The smallest absolute Gasteiger partial charge is 0.270 e. The van der Waals surface area contributed by atoms with Gasteiger partial charge in [-0.15, -0.1) is 0 Å². The van der Waals surface area contributed by atoms with Crippen molar-refractivity contribution >= 4 is 17.8 Å².